The van der Waals surface area contributed by atoms with E-state index in [1.54, 1.807) is 0 Å². The van der Waals surface area contributed by atoms with E-state index in [0.717, 1.165) is 4.80 Å². The Hall–Kier alpha value is -1.76. The first kappa shape index (κ1) is 11.7. The Bertz CT molecular complexity index is 532. The predicted molar refractivity (Wildman–Crippen MR) is 55.8 cm³/mol. The lowest BCUT2D eigenvalue weighted by Gasteiger charge is -2.01. The van der Waals surface area contributed by atoms with Gasteiger partial charge in [0.1, 0.15) is 0 Å². The Balaban J connectivity index is 2.45. The van der Waals surface area contributed by atoms with E-state index in [-0.39, 0.29) is 0 Å². The second kappa shape index (κ2) is 3.92. The van der Waals surface area contributed by atoms with Crippen molar-refractivity contribution in [3.8, 4) is 5.69 Å². The lowest BCUT2D eigenvalue weighted by atomic mass is 10.3. The van der Waals surface area contributed by atoms with Gasteiger partial charge in [-0.05, 0) is 24.3 Å². The van der Waals surface area contributed by atoms with E-state index in [0.29, 0.717) is 10.7 Å². The SMILES string of the molecule is Nc1nn(-c2ccc(Cl)cc2)nc1C(F)(F)F. The molecular formula is C9H6ClF3N4. The molecule has 0 spiro atoms. The minimum absolute atomic E-state index is 0.344. The molecule has 0 unspecified atom stereocenters. The van der Waals surface area contributed by atoms with E-state index < -0.39 is 17.7 Å². The number of benzene rings is 1. The fourth-order valence-corrected chi connectivity index (χ4v) is 1.34. The highest BCUT2D eigenvalue weighted by Gasteiger charge is 2.37. The molecule has 0 saturated heterocycles. The summed E-state index contributed by atoms with van der Waals surface area (Å²) in [4.78, 5) is 0.814. The van der Waals surface area contributed by atoms with Gasteiger partial charge in [0.05, 0.1) is 5.69 Å². The summed E-state index contributed by atoms with van der Waals surface area (Å²) < 4.78 is 37.3. The normalized spacial score (nSPS) is 11.8. The maximum Gasteiger partial charge on any atom is 0.438 e. The van der Waals surface area contributed by atoms with Crippen LogP contribution in [0.1, 0.15) is 5.69 Å². The number of nitrogens with zero attached hydrogens (tertiary/aromatic N) is 3. The summed E-state index contributed by atoms with van der Waals surface area (Å²) in [5, 5.41) is 7.25. The second-order valence-electron chi connectivity index (χ2n) is 3.20. The second-order valence-corrected chi connectivity index (χ2v) is 3.63. The van der Waals surface area contributed by atoms with E-state index >= 15 is 0 Å². The van der Waals surface area contributed by atoms with E-state index in [9.17, 15) is 13.2 Å². The molecule has 2 rings (SSSR count). The van der Waals surface area contributed by atoms with Gasteiger partial charge in [-0.25, -0.2) is 0 Å². The average molecular weight is 263 g/mol. The van der Waals surface area contributed by atoms with Crippen molar-refractivity contribution in [1.82, 2.24) is 15.0 Å². The molecule has 0 atom stereocenters. The molecular weight excluding hydrogens is 257 g/mol. The van der Waals surface area contributed by atoms with Crippen LogP contribution < -0.4 is 5.73 Å². The summed E-state index contributed by atoms with van der Waals surface area (Å²) in [5.41, 5.74) is 4.30. The third-order valence-corrected chi connectivity index (χ3v) is 2.22. The third-order valence-electron chi connectivity index (χ3n) is 1.97. The van der Waals surface area contributed by atoms with Crippen LogP contribution in [0.2, 0.25) is 5.02 Å². The van der Waals surface area contributed by atoms with Crippen LogP contribution in [0.4, 0.5) is 19.0 Å². The van der Waals surface area contributed by atoms with Gasteiger partial charge in [0.25, 0.3) is 0 Å². The molecule has 0 fully saturated rings. The molecule has 1 heterocycles. The van der Waals surface area contributed by atoms with Crippen LogP contribution in [0.3, 0.4) is 0 Å². The molecule has 0 aliphatic rings. The summed E-state index contributed by atoms with van der Waals surface area (Å²) >= 11 is 5.65. The van der Waals surface area contributed by atoms with Crippen LogP contribution in [-0.2, 0) is 6.18 Å². The first-order valence-corrected chi connectivity index (χ1v) is 4.81. The summed E-state index contributed by atoms with van der Waals surface area (Å²) in [7, 11) is 0. The van der Waals surface area contributed by atoms with Crippen LogP contribution in [-0.4, -0.2) is 15.0 Å². The first-order chi connectivity index (χ1) is 7.88. The van der Waals surface area contributed by atoms with Crippen molar-refractivity contribution in [2.24, 2.45) is 0 Å². The van der Waals surface area contributed by atoms with Crippen molar-refractivity contribution in [2.45, 2.75) is 6.18 Å². The Labute approximate surface area is 98.8 Å². The maximum atomic E-state index is 12.4. The summed E-state index contributed by atoms with van der Waals surface area (Å²) in [6, 6.07) is 6.01. The zero-order valence-corrected chi connectivity index (χ0v) is 9.00. The number of nitrogens with two attached hydrogens (primary N) is 1. The number of hydrogen-bond acceptors (Lipinski definition) is 3. The molecule has 90 valence electrons. The fourth-order valence-electron chi connectivity index (χ4n) is 1.21. The molecule has 4 nitrogen and oxygen atoms in total. The van der Waals surface area contributed by atoms with Gasteiger partial charge < -0.3 is 5.73 Å². The largest absolute Gasteiger partial charge is 0.438 e. The molecule has 0 saturated carbocycles. The van der Waals surface area contributed by atoms with Gasteiger partial charge in [-0.15, -0.1) is 15.0 Å². The molecule has 0 bridgehead atoms. The highest BCUT2D eigenvalue weighted by atomic mass is 35.5. The van der Waals surface area contributed by atoms with Crippen LogP contribution in [0.25, 0.3) is 5.69 Å². The highest BCUT2D eigenvalue weighted by molar-refractivity contribution is 6.30. The van der Waals surface area contributed by atoms with Crippen LogP contribution in [0, 0.1) is 0 Å². The minimum Gasteiger partial charge on any atom is -0.380 e. The molecule has 2 aromatic rings. The van der Waals surface area contributed by atoms with Crippen LogP contribution >= 0.6 is 11.6 Å². The van der Waals surface area contributed by atoms with Gasteiger partial charge in [0.2, 0.25) is 5.69 Å². The molecule has 1 aromatic carbocycles. The lowest BCUT2D eigenvalue weighted by molar-refractivity contribution is -0.140. The number of anilines is 1. The highest BCUT2D eigenvalue weighted by Crippen LogP contribution is 2.31. The summed E-state index contributed by atoms with van der Waals surface area (Å²) in [6.45, 7) is 0. The van der Waals surface area contributed by atoms with Crippen LogP contribution in [0.5, 0.6) is 0 Å². The standard InChI is InChI=1S/C9H6ClF3N4/c10-5-1-3-6(4-2-5)17-15-7(8(14)16-17)9(11,12)13/h1-4H,(H2,14,16). The Morgan fingerprint density at radius 2 is 1.71 bits per heavy atom. The monoisotopic (exact) mass is 262 g/mol. The van der Waals surface area contributed by atoms with Crippen molar-refractivity contribution in [3.63, 3.8) is 0 Å². The number of aromatic nitrogens is 3. The molecule has 0 amide bonds. The molecule has 17 heavy (non-hydrogen) atoms. The lowest BCUT2D eigenvalue weighted by Crippen LogP contribution is -2.09. The third kappa shape index (κ3) is 2.33. The fraction of sp³-hybridized carbons (Fsp3) is 0.111. The molecule has 0 radical (unpaired) electrons. The van der Waals surface area contributed by atoms with Crippen molar-refractivity contribution in [3.05, 3.63) is 35.0 Å². The zero-order chi connectivity index (χ0) is 12.6. The number of rotatable bonds is 1. The Morgan fingerprint density at radius 3 is 2.18 bits per heavy atom. The molecule has 0 aliphatic heterocycles. The quantitative estimate of drug-likeness (QED) is 0.859. The van der Waals surface area contributed by atoms with Gasteiger partial charge in [0, 0.05) is 5.02 Å². The van der Waals surface area contributed by atoms with Gasteiger partial charge in [0.15, 0.2) is 5.82 Å². The summed E-state index contributed by atoms with van der Waals surface area (Å²) in [6.07, 6.45) is -4.62. The van der Waals surface area contributed by atoms with E-state index in [2.05, 4.69) is 10.2 Å². The average Bonchev–Trinajstić information content (AvgIpc) is 2.61. The van der Waals surface area contributed by atoms with E-state index in [4.69, 9.17) is 17.3 Å². The van der Waals surface area contributed by atoms with Gasteiger partial charge in [-0.2, -0.15) is 13.2 Å². The van der Waals surface area contributed by atoms with Crippen LogP contribution in [0.15, 0.2) is 24.3 Å². The van der Waals surface area contributed by atoms with Crippen molar-refractivity contribution < 1.29 is 13.2 Å². The van der Waals surface area contributed by atoms with Gasteiger partial charge in [-0.1, -0.05) is 11.6 Å². The van der Waals surface area contributed by atoms with Crippen molar-refractivity contribution in [2.75, 3.05) is 5.73 Å². The number of alkyl halides is 3. The van der Waals surface area contributed by atoms with E-state index in [1.807, 2.05) is 0 Å². The smallest absolute Gasteiger partial charge is 0.380 e. The number of nitrogen functional groups attached to an aromatic ring is 1. The molecule has 1 aromatic heterocycles. The molecule has 2 N–H and O–H groups in total. The Kier molecular flexibility index (Phi) is 2.70. The molecule has 8 heteroatoms. The topological polar surface area (TPSA) is 56.7 Å². The number of hydrogen-bond donors (Lipinski definition) is 1. The van der Waals surface area contributed by atoms with Gasteiger partial charge >= 0.3 is 6.18 Å². The van der Waals surface area contributed by atoms with E-state index in [1.165, 1.54) is 24.3 Å². The summed E-state index contributed by atoms with van der Waals surface area (Å²) in [5.74, 6) is -0.660. The maximum absolute atomic E-state index is 12.4. The number of halogens is 4. The first-order valence-electron chi connectivity index (χ1n) is 4.44. The van der Waals surface area contributed by atoms with Crippen molar-refractivity contribution in [1.29, 1.82) is 0 Å². The minimum atomic E-state index is -4.62. The molecule has 0 aliphatic carbocycles. The predicted octanol–water partition coefficient (Wildman–Crippen LogP) is 2.52. The van der Waals surface area contributed by atoms with Crippen molar-refractivity contribution >= 4 is 17.4 Å². The Morgan fingerprint density at radius 1 is 1.12 bits per heavy atom. The van der Waals surface area contributed by atoms with Gasteiger partial charge in [-0.3, -0.25) is 0 Å². The zero-order valence-electron chi connectivity index (χ0n) is 8.24.